The Balaban J connectivity index is 1.51. The molecule has 2 aromatic carbocycles. The highest BCUT2D eigenvalue weighted by Gasteiger charge is 2.38. The summed E-state index contributed by atoms with van der Waals surface area (Å²) in [5.74, 6) is 0.0530. The molecule has 1 heterocycles. The molecule has 0 unspecified atom stereocenters. The summed E-state index contributed by atoms with van der Waals surface area (Å²) in [5, 5.41) is 5.96. The maximum Gasteiger partial charge on any atom is 0.321 e. The number of piperidine rings is 1. The van der Waals surface area contributed by atoms with Crippen LogP contribution in [0.15, 0.2) is 59.1 Å². The number of anilines is 1. The van der Waals surface area contributed by atoms with Gasteiger partial charge in [-0.1, -0.05) is 49.4 Å². The first-order valence-corrected chi connectivity index (χ1v) is 9.90. The van der Waals surface area contributed by atoms with E-state index in [1.807, 2.05) is 61.5 Å². The SMILES string of the molecule is CC1(C(=O)NCc2ccccc2)CCN(C(=O)Nc2ccccc2Br)CC1. The minimum Gasteiger partial charge on any atom is -0.352 e. The largest absolute Gasteiger partial charge is 0.352 e. The average molecular weight is 430 g/mol. The first-order chi connectivity index (χ1) is 13.0. The van der Waals surface area contributed by atoms with Crippen LogP contribution in [0, 0.1) is 5.41 Å². The number of likely N-dealkylation sites (tertiary alicyclic amines) is 1. The normalized spacial score (nSPS) is 15.9. The number of para-hydroxylation sites is 1. The van der Waals surface area contributed by atoms with Gasteiger partial charge in [0.25, 0.3) is 0 Å². The Bertz CT molecular complexity index is 802. The van der Waals surface area contributed by atoms with Crippen LogP contribution in [0.2, 0.25) is 0 Å². The second-order valence-electron chi connectivity index (χ2n) is 7.13. The van der Waals surface area contributed by atoms with Gasteiger partial charge in [0.2, 0.25) is 5.91 Å². The Morgan fingerprint density at radius 1 is 1.04 bits per heavy atom. The number of nitrogens with zero attached hydrogens (tertiary/aromatic N) is 1. The highest BCUT2D eigenvalue weighted by Crippen LogP contribution is 2.32. The highest BCUT2D eigenvalue weighted by molar-refractivity contribution is 9.10. The van der Waals surface area contributed by atoms with Crippen molar-refractivity contribution in [2.24, 2.45) is 5.41 Å². The van der Waals surface area contributed by atoms with Crippen LogP contribution in [0.25, 0.3) is 0 Å². The maximum absolute atomic E-state index is 12.7. The molecule has 0 saturated carbocycles. The van der Waals surface area contributed by atoms with E-state index < -0.39 is 5.41 Å². The number of hydrogen-bond acceptors (Lipinski definition) is 2. The smallest absolute Gasteiger partial charge is 0.321 e. The number of urea groups is 1. The summed E-state index contributed by atoms with van der Waals surface area (Å²) in [4.78, 5) is 26.9. The first-order valence-electron chi connectivity index (χ1n) is 9.11. The van der Waals surface area contributed by atoms with E-state index in [4.69, 9.17) is 0 Å². The lowest BCUT2D eigenvalue weighted by Crippen LogP contribution is -2.49. The monoisotopic (exact) mass is 429 g/mol. The summed E-state index contributed by atoms with van der Waals surface area (Å²) in [6, 6.07) is 17.3. The van der Waals surface area contributed by atoms with Gasteiger partial charge in [0, 0.05) is 29.5 Å². The summed E-state index contributed by atoms with van der Waals surface area (Å²) in [7, 11) is 0. The zero-order chi connectivity index (χ0) is 19.3. The van der Waals surface area contributed by atoms with E-state index in [9.17, 15) is 9.59 Å². The van der Waals surface area contributed by atoms with Crippen LogP contribution in [-0.4, -0.2) is 29.9 Å². The van der Waals surface area contributed by atoms with Crippen molar-refractivity contribution in [3.63, 3.8) is 0 Å². The molecule has 1 aliphatic rings. The summed E-state index contributed by atoms with van der Waals surface area (Å²) in [6.07, 6.45) is 1.30. The Labute approximate surface area is 168 Å². The lowest BCUT2D eigenvalue weighted by Gasteiger charge is -2.38. The van der Waals surface area contributed by atoms with Gasteiger partial charge in [0.1, 0.15) is 0 Å². The van der Waals surface area contributed by atoms with Crippen molar-refractivity contribution in [1.82, 2.24) is 10.2 Å². The third kappa shape index (κ3) is 4.89. The van der Waals surface area contributed by atoms with Crippen molar-refractivity contribution in [1.29, 1.82) is 0 Å². The minimum absolute atomic E-state index is 0.0530. The van der Waals surface area contributed by atoms with Crippen LogP contribution < -0.4 is 10.6 Å². The van der Waals surface area contributed by atoms with Crippen molar-refractivity contribution in [3.8, 4) is 0 Å². The van der Waals surface area contributed by atoms with Crippen molar-refractivity contribution in [2.45, 2.75) is 26.3 Å². The molecule has 0 radical (unpaired) electrons. The van der Waals surface area contributed by atoms with E-state index in [0.29, 0.717) is 32.5 Å². The van der Waals surface area contributed by atoms with Gasteiger partial charge in [-0.2, -0.15) is 0 Å². The van der Waals surface area contributed by atoms with Crippen molar-refractivity contribution < 1.29 is 9.59 Å². The molecule has 0 atom stereocenters. The van der Waals surface area contributed by atoms with Gasteiger partial charge in [0.15, 0.2) is 0 Å². The Kier molecular flexibility index (Phi) is 6.16. The van der Waals surface area contributed by atoms with E-state index in [-0.39, 0.29) is 11.9 Å². The topological polar surface area (TPSA) is 61.4 Å². The van der Waals surface area contributed by atoms with Crippen LogP contribution in [0.4, 0.5) is 10.5 Å². The van der Waals surface area contributed by atoms with Crippen LogP contribution in [0.5, 0.6) is 0 Å². The maximum atomic E-state index is 12.7. The van der Waals surface area contributed by atoms with Crippen LogP contribution in [-0.2, 0) is 11.3 Å². The Hall–Kier alpha value is -2.34. The number of halogens is 1. The fourth-order valence-corrected chi connectivity index (χ4v) is 3.56. The minimum atomic E-state index is -0.446. The zero-order valence-electron chi connectivity index (χ0n) is 15.4. The zero-order valence-corrected chi connectivity index (χ0v) is 17.0. The molecule has 1 aliphatic heterocycles. The van der Waals surface area contributed by atoms with Gasteiger partial charge in [-0.3, -0.25) is 4.79 Å². The lowest BCUT2D eigenvalue weighted by molar-refractivity contribution is -0.132. The molecule has 2 N–H and O–H groups in total. The third-order valence-electron chi connectivity index (χ3n) is 5.11. The molecule has 1 fully saturated rings. The van der Waals surface area contributed by atoms with E-state index in [0.717, 1.165) is 15.7 Å². The molecule has 3 amide bonds. The van der Waals surface area contributed by atoms with Crippen molar-refractivity contribution in [2.75, 3.05) is 18.4 Å². The summed E-state index contributed by atoms with van der Waals surface area (Å²) in [5.41, 5.74) is 1.38. The number of benzene rings is 2. The number of amides is 3. The summed E-state index contributed by atoms with van der Waals surface area (Å²) in [6.45, 7) is 3.63. The molecule has 27 heavy (non-hydrogen) atoms. The van der Waals surface area contributed by atoms with Crippen molar-refractivity contribution >= 4 is 33.6 Å². The molecule has 142 valence electrons. The molecule has 5 nitrogen and oxygen atoms in total. The van der Waals surface area contributed by atoms with Crippen LogP contribution in [0.1, 0.15) is 25.3 Å². The molecule has 3 rings (SSSR count). The fraction of sp³-hybridized carbons (Fsp3) is 0.333. The van der Waals surface area contributed by atoms with E-state index in [1.54, 1.807) is 4.90 Å². The molecule has 1 saturated heterocycles. The fourth-order valence-electron chi connectivity index (χ4n) is 3.18. The van der Waals surface area contributed by atoms with Gasteiger partial charge in [-0.25, -0.2) is 4.79 Å². The molecule has 0 bridgehead atoms. The van der Waals surface area contributed by atoms with Gasteiger partial charge in [0.05, 0.1) is 5.69 Å². The highest BCUT2D eigenvalue weighted by atomic mass is 79.9. The van der Waals surface area contributed by atoms with Gasteiger partial charge in [-0.05, 0) is 46.5 Å². The number of nitrogens with one attached hydrogen (secondary N) is 2. The number of carbonyl (C=O) groups is 2. The molecule has 2 aromatic rings. The van der Waals surface area contributed by atoms with E-state index in [1.165, 1.54) is 0 Å². The van der Waals surface area contributed by atoms with Gasteiger partial charge in [-0.15, -0.1) is 0 Å². The molecule has 6 heteroatoms. The predicted molar refractivity (Wildman–Crippen MR) is 110 cm³/mol. The van der Waals surface area contributed by atoms with E-state index in [2.05, 4.69) is 26.6 Å². The predicted octanol–water partition coefficient (Wildman–Crippen LogP) is 4.40. The van der Waals surface area contributed by atoms with Gasteiger partial charge >= 0.3 is 6.03 Å². The third-order valence-corrected chi connectivity index (χ3v) is 5.81. The van der Waals surface area contributed by atoms with Crippen molar-refractivity contribution in [3.05, 3.63) is 64.6 Å². The summed E-state index contributed by atoms with van der Waals surface area (Å²) < 4.78 is 0.848. The average Bonchev–Trinajstić information content (AvgIpc) is 2.69. The quantitative estimate of drug-likeness (QED) is 0.756. The Morgan fingerprint density at radius 2 is 1.67 bits per heavy atom. The second kappa shape index (κ2) is 8.57. The Morgan fingerprint density at radius 3 is 2.33 bits per heavy atom. The first kappa shape index (κ1) is 19.4. The number of hydrogen-bond donors (Lipinski definition) is 2. The molecule has 0 aliphatic carbocycles. The second-order valence-corrected chi connectivity index (χ2v) is 7.98. The molecule has 0 spiro atoms. The molecular formula is C21H24BrN3O2. The molecule has 0 aromatic heterocycles. The van der Waals surface area contributed by atoms with E-state index >= 15 is 0 Å². The number of rotatable bonds is 4. The van der Waals surface area contributed by atoms with Crippen LogP contribution in [0.3, 0.4) is 0 Å². The summed E-state index contributed by atoms with van der Waals surface area (Å²) >= 11 is 3.44. The lowest BCUT2D eigenvalue weighted by atomic mass is 9.79. The van der Waals surface area contributed by atoms with Gasteiger partial charge < -0.3 is 15.5 Å². The number of carbonyl (C=O) groups excluding carboxylic acids is 2. The standard InChI is InChI=1S/C21H24BrN3O2/c1-21(19(26)23-15-16-7-3-2-4-8-16)11-13-25(14-12-21)20(27)24-18-10-6-5-9-17(18)22/h2-10H,11-15H2,1H3,(H,23,26)(H,24,27). The molecular weight excluding hydrogens is 406 g/mol. The van der Waals surface area contributed by atoms with Crippen LogP contribution >= 0.6 is 15.9 Å².